The molecule has 0 amide bonds. The van der Waals surface area contributed by atoms with Crippen molar-refractivity contribution in [3.63, 3.8) is 0 Å². The van der Waals surface area contributed by atoms with Gasteiger partial charge in [0, 0.05) is 112 Å². The highest BCUT2D eigenvalue weighted by Gasteiger charge is 2.26. The smallest absolute Gasteiger partial charge is 0.119 e. The second kappa shape index (κ2) is 34.1. The van der Waals surface area contributed by atoms with E-state index in [0.717, 1.165) is 61.3 Å². The van der Waals surface area contributed by atoms with Crippen LogP contribution in [0.2, 0.25) is 0 Å². The second-order valence-electron chi connectivity index (χ2n) is 33.0. The fraction of sp³-hybridized carbons (Fsp3) is 0.165. The number of unbranched alkanes of at least 4 members (excludes halogenated alkanes) is 4. The molecule has 15 aromatic carbocycles. The Hall–Kier alpha value is -13.9. The highest BCUT2D eigenvalue weighted by molar-refractivity contribution is 6.29. The van der Waals surface area contributed by atoms with Crippen molar-refractivity contribution >= 4 is 149 Å². The van der Waals surface area contributed by atoms with Crippen molar-refractivity contribution in [3.8, 4) is 33.9 Å². The lowest BCUT2D eigenvalue weighted by atomic mass is 9.99. The van der Waals surface area contributed by atoms with Crippen molar-refractivity contribution in [2.75, 3.05) is 7.11 Å². The lowest BCUT2D eigenvalue weighted by Crippen LogP contribution is -2.00. The van der Waals surface area contributed by atoms with Gasteiger partial charge in [-0.3, -0.25) is 0 Å². The molecule has 0 radical (unpaired) electrons. The average molecular weight is 1590 g/mol. The minimum atomic E-state index is 0.772. The summed E-state index contributed by atoms with van der Waals surface area (Å²) in [6.45, 7) is 22.8. The molecule has 0 spiro atoms. The summed E-state index contributed by atoms with van der Waals surface area (Å²) < 4.78 is 20.3. The number of para-hydroxylation sites is 4. The molecule has 0 aliphatic rings. The SMILES string of the molecule is C=Cc1ccc(Cn2c3cc(CCCC)ccc3c3ccc4c(c5ccc(CCCC)cc5n4-c4ccccc4)c32)cc1.C=Cc1ccc(Cn2c3ccc(OC)cc3c3ccc4c(c5ccccc5n4-c4ccccc4)c32)cc1.C=Cn1c2ccc(-c3ccc(CCCC)cc3)cc2c2ccc3c(c4ccc(CCCC)cc4n3-c3ccccc3)c21. The van der Waals surface area contributed by atoms with Crippen LogP contribution in [0.15, 0.2) is 335 Å². The van der Waals surface area contributed by atoms with Gasteiger partial charge in [0.25, 0.3) is 0 Å². The fourth-order valence-corrected chi connectivity index (χ4v) is 19.2. The summed E-state index contributed by atoms with van der Waals surface area (Å²) in [7, 11) is 1.73. The first kappa shape index (κ1) is 78.0. The Morgan fingerprint density at radius 3 is 1.12 bits per heavy atom. The van der Waals surface area contributed by atoms with Gasteiger partial charge in [-0.05, 0) is 216 Å². The Morgan fingerprint density at radius 1 is 0.270 bits per heavy atom. The third-order valence-corrected chi connectivity index (χ3v) is 25.4. The van der Waals surface area contributed by atoms with E-state index in [1.165, 1.54) is 238 Å². The zero-order valence-corrected chi connectivity index (χ0v) is 70.9. The Bertz CT molecular complexity index is 7490. The van der Waals surface area contributed by atoms with Crippen molar-refractivity contribution in [2.24, 2.45) is 0 Å². The average Bonchev–Trinajstić information content (AvgIpc) is 1.56. The number of methoxy groups -OCH3 is 1. The van der Waals surface area contributed by atoms with Crippen molar-refractivity contribution in [1.29, 1.82) is 0 Å². The summed E-state index contributed by atoms with van der Waals surface area (Å²) in [5, 5.41) is 15.4. The van der Waals surface area contributed by atoms with Crippen LogP contribution < -0.4 is 4.74 Å². The van der Waals surface area contributed by atoms with Gasteiger partial charge in [0.05, 0.1) is 62.3 Å². The molecule has 0 aliphatic carbocycles. The minimum absolute atomic E-state index is 0.772. The van der Waals surface area contributed by atoms with Gasteiger partial charge in [-0.2, -0.15) is 0 Å². The molecule has 7 heteroatoms. The van der Waals surface area contributed by atoms with E-state index in [-0.39, 0.29) is 0 Å². The molecular formula is C115H104N6O. The summed E-state index contributed by atoms with van der Waals surface area (Å²) in [4.78, 5) is 0. The molecule has 0 unspecified atom stereocenters. The number of fused-ring (bicyclic) bond motifs is 21. The van der Waals surface area contributed by atoms with E-state index >= 15 is 0 Å². The van der Waals surface area contributed by atoms with Gasteiger partial charge in [-0.25, -0.2) is 0 Å². The van der Waals surface area contributed by atoms with E-state index in [0.29, 0.717) is 0 Å². The van der Waals surface area contributed by atoms with Gasteiger partial charge in [0.15, 0.2) is 0 Å². The van der Waals surface area contributed by atoms with Crippen molar-refractivity contribution in [1.82, 2.24) is 27.4 Å². The Labute approximate surface area is 715 Å². The van der Waals surface area contributed by atoms with Gasteiger partial charge < -0.3 is 32.1 Å². The molecule has 0 N–H and O–H groups in total. The number of rotatable bonds is 24. The highest BCUT2D eigenvalue weighted by atomic mass is 16.5. The summed E-state index contributed by atoms with van der Waals surface area (Å²) >= 11 is 0. The zero-order valence-electron chi connectivity index (χ0n) is 70.9. The number of aryl methyl sites for hydroxylation is 4. The van der Waals surface area contributed by atoms with Gasteiger partial charge in [0.1, 0.15) is 5.75 Å². The van der Waals surface area contributed by atoms with Crippen LogP contribution in [0.5, 0.6) is 5.75 Å². The van der Waals surface area contributed by atoms with Crippen LogP contribution in [0.25, 0.3) is 177 Å². The highest BCUT2D eigenvalue weighted by Crippen LogP contribution is 2.47. The summed E-state index contributed by atoms with van der Waals surface area (Å²) in [5.74, 6) is 0.869. The standard InChI is InChI=1S/C41H40N2.C40H38N2.C34H26N2O/c1-4-7-12-30-20-22-34-35-24-25-37-40(41(35)42(38(34)26-30)28-32-18-16-29(6-3)17-19-32)36-23-21-31(13-8-5-2)27-39(36)43(37)33-14-10-9-11-15-33;1-4-7-12-28-16-19-30(20-17-28)31-21-24-36-35(27-31)33-23-25-37-39(40(33)41(36)6-3)34-22-18-29(13-8-5-2)26-38(34)42(37)32-14-10-9-11-15-32;1-3-23-13-15-24(16-14-23)22-35-30-19-17-26(37-2)21-29(30)27-18-20-32-33(34(27)35)28-11-7-8-12-31(28)36(32)25-9-5-4-6-10-25/h6,9-11,14-27H,3-5,7-8,12-13,28H2,1-2H3;6,9-11,14-27H,3-5,7-8,12-13H2,1-2H3;3-21H,1,22H2,2H3. The van der Waals surface area contributed by atoms with E-state index in [1.54, 1.807) is 7.11 Å². The maximum absolute atomic E-state index is 5.62. The number of aromatic nitrogens is 6. The molecule has 0 saturated carbocycles. The lowest BCUT2D eigenvalue weighted by molar-refractivity contribution is 0.415. The van der Waals surface area contributed by atoms with Gasteiger partial charge >= 0.3 is 0 Å². The molecule has 0 aliphatic heterocycles. The first-order chi connectivity index (χ1) is 60.2. The number of benzene rings is 15. The lowest BCUT2D eigenvalue weighted by Gasteiger charge is -2.11. The van der Waals surface area contributed by atoms with Crippen LogP contribution in [0.3, 0.4) is 0 Å². The van der Waals surface area contributed by atoms with Crippen LogP contribution >= 0.6 is 0 Å². The van der Waals surface area contributed by atoms with E-state index in [9.17, 15) is 0 Å². The van der Waals surface area contributed by atoms with E-state index in [1.807, 2.05) is 18.4 Å². The number of hydrogen-bond donors (Lipinski definition) is 0. The molecule has 0 fully saturated rings. The fourth-order valence-electron chi connectivity index (χ4n) is 19.2. The summed E-state index contributed by atoms with van der Waals surface area (Å²) in [6, 6.07) is 116. The van der Waals surface area contributed by atoms with Crippen molar-refractivity contribution in [2.45, 2.75) is 118 Å². The molecule has 21 aromatic rings. The number of nitrogens with zero attached hydrogens (tertiary/aromatic N) is 6. The number of hydrogen-bond acceptors (Lipinski definition) is 1. The van der Waals surface area contributed by atoms with Gasteiger partial charge in [-0.15, -0.1) is 0 Å². The topological polar surface area (TPSA) is 38.8 Å². The molecule has 7 nitrogen and oxygen atoms in total. The summed E-state index contributed by atoms with van der Waals surface area (Å²) in [5.41, 5.74) is 31.5. The van der Waals surface area contributed by atoms with E-state index in [4.69, 9.17) is 4.74 Å². The quantitative estimate of drug-likeness (QED) is 0.0594. The first-order valence-electron chi connectivity index (χ1n) is 44.1. The van der Waals surface area contributed by atoms with E-state index < -0.39 is 0 Å². The predicted molar refractivity (Wildman–Crippen MR) is 525 cm³/mol. The third kappa shape index (κ3) is 14.2. The largest absolute Gasteiger partial charge is 0.497 e. The molecule has 6 aromatic heterocycles. The Morgan fingerprint density at radius 2 is 0.639 bits per heavy atom. The Kier molecular flexibility index (Phi) is 21.8. The maximum atomic E-state index is 5.62. The minimum Gasteiger partial charge on any atom is -0.497 e. The van der Waals surface area contributed by atoms with Crippen LogP contribution in [0.1, 0.15) is 124 Å². The molecule has 0 bridgehead atoms. The maximum Gasteiger partial charge on any atom is 0.119 e. The van der Waals surface area contributed by atoms with Crippen LogP contribution in [-0.4, -0.2) is 34.5 Å². The van der Waals surface area contributed by atoms with Crippen molar-refractivity contribution < 1.29 is 4.74 Å². The van der Waals surface area contributed by atoms with Crippen LogP contribution in [0.4, 0.5) is 0 Å². The molecular weight excluding hydrogens is 1480 g/mol. The molecule has 122 heavy (non-hydrogen) atoms. The van der Waals surface area contributed by atoms with Crippen molar-refractivity contribution in [3.05, 3.63) is 380 Å². The normalized spacial score (nSPS) is 11.7. The third-order valence-electron chi connectivity index (χ3n) is 25.4. The van der Waals surface area contributed by atoms with Gasteiger partial charge in [0.2, 0.25) is 0 Å². The predicted octanol–water partition coefficient (Wildman–Crippen LogP) is 31.2. The second-order valence-corrected chi connectivity index (χ2v) is 33.0. The van der Waals surface area contributed by atoms with E-state index in [2.05, 4.69) is 390 Å². The summed E-state index contributed by atoms with van der Waals surface area (Å²) in [6.07, 6.45) is 20.0. The molecule has 21 rings (SSSR count). The Balaban J connectivity index is 0.000000121. The molecule has 0 atom stereocenters. The first-order valence-corrected chi connectivity index (χ1v) is 44.1. The molecule has 0 saturated heterocycles. The van der Waals surface area contributed by atoms with Gasteiger partial charge in [-0.1, -0.05) is 292 Å². The zero-order chi connectivity index (χ0) is 82.9. The molecule has 6 heterocycles. The monoisotopic (exact) mass is 1580 g/mol. The van der Waals surface area contributed by atoms with Crippen LogP contribution in [0, 0.1) is 0 Å². The molecule has 600 valence electrons. The number of ether oxygens (including phenoxy) is 1. The van der Waals surface area contributed by atoms with Crippen LogP contribution in [-0.2, 0) is 38.8 Å².